The minimum absolute atomic E-state index is 0.0230. The van der Waals surface area contributed by atoms with Gasteiger partial charge in [0.2, 0.25) is 0 Å². The summed E-state index contributed by atoms with van der Waals surface area (Å²) >= 11 is 0. The molecule has 0 bridgehead atoms. The van der Waals surface area contributed by atoms with Gasteiger partial charge in [-0.05, 0) is 30.2 Å². The second-order valence-electron chi connectivity index (χ2n) is 4.77. The zero-order chi connectivity index (χ0) is 15.0. The van der Waals surface area contributed by atoms with E-state index in [9.17, 15) is 9.59 Å². The highest BCUT2D eigenvalue weighted by molar-refractivity contribution is 6.37. The lowest BCUT2D eigenvalue weighted by atomic mass is 9.91. The Morgan fingerprint density at radius 3 is 2.86 bits per heavy atom. The van der Waals surface area contributed by atoms with Gasteiger partial charge in [0.25, 0.3) is 0 Å². The van der Waals surface area contributed by atoms with Crippen molar-refractivity contribution < 1.29 is 14.3 Å². The molecule has 0 saturated heterocycles. The Morgan fingerprint density at radius 1 is 1.29 bits per heavy atom. The fraction of sp³-hybridized carbons (Fsp3) is 0.133. The Morgan fingerprint density at radius 2 is 2.10 bits per heavy atom. The van der Waals surface area contributed by atoms with Crippen LogP contribution >= 0.6 is 0 Å². The first-order valence-electron chi connectivity index (χ1n) is 6.38. The van der Waals surface area contributed by atoms with Crippen molar-refractivity contribution in [2.24, 2.45) is 0 Å². The second-order valence-corrected chi connectivity index (χ2v) is 4.77. The quantitative estimate of drug-likeness (QED) is 0.573. The smallest absolute Gasteiger partial charge is 0.303 e. The molecule has 1 aliphatic heterocycles. The van der Waals surface area contributed by atoms with E-state index in [1.807, 2.05) is 0 Å². The van der Waals surface area contributed by atoms with Crippen LogP contribution in [0.15, 0.2) is 39.5 Å². The van der Waals surface area contributed by atoms with E-state index in [0.29, 0.717) is 34.4 Å². The number of aliphatic carboxylic acids is 1. The van der Waals surface area contributed by atoms with Crippen LogP contribution in [0.1, 0.15) is 12.0 Å². The number of benzene rings is 2. The maximum atomic E-state index is 11.3. The molecular formula is C15H10BNO4. The van der Waals surface area contributed by atoms with E-state index < -0.39 is 5.97 Å². The van der Waals surface area contributed by atoms with Gasteiger partial charge >= 0.3 is 5.97 Å². The number of aromatic nitrogens is 1. The molecule has 3 rings (SSSR count). The molecule has 0 atom stereocenters. The lowest BCUT2D eigenvalue weighted by Crippen LogP contribution is -2.09. The third-order valence-electron chi connectivity index (χ3n) is 3.17. The average molecular weight is 279 g/mol. The van der Waals surface area contributed by atoms with Crippen LogP contribution < -0.4 is 10.9 Å². The van der Waals surface area contributed by atoms with Crippen molar-refractivity contribution in [1.82, 2.24) is 4.98 Å². The van der Waals surface area contributed by atoms with Crippen LogP contribution in [0.4, 0.5) is 0 Å². The van der Waals surface area contributed by atoms with Gasteiger partial charge in [-0.15, -0.1) is 0 Å². The first kappa shape index (κ1) is 13.4. The molecule has 1 heterocycles. The molecule has 1 aromatic carbocycles. The molecule has 1 N–H and O–H groups in total. The summed E-state index contributed by atoms with van der Waals surface area (Å²) in [7, 11) is 5.93. The van der Waals surface area contributed by atoms with Gasteiger partial charge in [-0.3, -0.25) is 9.59 Å². The summed E-state index contributed by atoms with van der Waals surface area (Å²) in [5, 5.41) is 8.73. The summed E-state index contributed by atoms with van der Waals surface area (Å²) in [6.07, 6.45) is 0.393. The van der Waals surface area contributed by atoms with Crippen LogP contribution in [0.25, 0.3) is 22.6 Å². The van der Waals surface area contributed by atoms with Crippen molar-refractivity contribution in [2.75, 3.05) is 0 Å². The molecule has 0 unspecified atom stereocenters. The van der Waals surface area contributed by atoms with Gasteiger partial charge in [0.05, 0.1) is 0 Å². The number of rotatable bonds is 3. The third kappa shape index (κ3) is 2.65. The van der Waals surface area contributed by atoms with Crippen molar-refractivity contribution >= 4 is 30.4 Å². The molecule has 2 radical (unpaired) electrons. The molecule has 102 valence electrons. The molecule has 0 saturated carbocycles. The lowest BCUT2D eigenvalue weighted by molar-refractivity contribution is -0.136. The molecule has 21 heavy (non-hydrogen) atoms. The zero-order valence-electron chi connectivity index (χ0n) is 11.0. The van der Waals surface area contributed by atoms with Gasteiger partial charge in [-0.2, -0.15) is 0 Å². The standard InChI is InChI=1S/C15H10BNO4/c16-10-5-8(1-4-14(19)20)6-12-15(10)21-13-7-9(18)2-3-11(13)17-12/h2-3,5-7H,1,4H2,(H,19,20). The molecular weight excluding hydrogens is 269 g/mol. The van der Waals surface area contributed by atoms with Crippen LogP contribution in [0, 0.1) is 0 Å². The van der Waals surface area contributed by atoms with Crippen LogP contribution in [0.2, 0.25) is 0 Å². The lowest BCUT2D eigenvalue weighted by Gasteiger charge is -2.09. The summed E-state index contributed by atoms with van der Waals surface area (Å²) in [6.45, 7) is 0. The molecule has 0 aromatic heterocycles. The van der Waals surface area contributed by atoms with Crippen molar-refractivity contribution in [3.63, 3.8) is 0 Å². The normalized spacial score (nSPS) is 11.0. The molecule has 0 amide bonds. The van der Waals surface area contributed by atoms with E-state index in [1.54, 1.807) is 18.2 Å². The van der Waals surface area contributed by atoms with Gasteiger partial charge < -0.3 is 9.52 Å². The minimum Gasteiger partial charge on any atom is -0.481 e. The number of hydrogen-bond donors (Lipinski definition) is 1. The van der Waals surface area contributed by atoms with E-state index in [2.05, 4.69) is 4.98 Å². The minimum atomic E-state index is -0.868. The number of carboxylic acids is 1. The first-order chi connectivity index (χ1) is 10.0. The molecule has 2 aliphatic rings. The Labute approximate surface area is 121 Å². The first-order valence-corrected chi connectivity index (χ1v) is 6.38. The predicted molar refractivity (Wildman–Crippen MR) is 78.2 cm³/mol. The maximum absolute atomic E-state index is 11.3. The summed E-state index contributed by atoms with van der Waals surface area (Å²) in [6, 6.07) is 7.78. The Balaban J connectivity index is 2.16. The van der Waals surface area contributed by atoms with E-state index in [0.717, 1.165) is 5.56 Å². The number of carbonyl (C=O) groups is 1. The van der Waals surface area contributed by atoms with Crippen LogP contribution in [-0.2, 0) is 11.2 Å². The van der Waals surface area contributed by atoms with Gasteiger partial charge in [-0.25, -0.2) is 4.98 Å². The van der Waals surface area contributed by atoms with Crippen LogP contribution in [-0.4, -0.2) is 23.9 Å². The largest absolute Gasteiger partial charge is 0.481 e. The van der Waals surface area contributed by atoms with Gasteiger partial charge in [-0.1, -0.05) is 11.5 Å². The van der Waals surface area contributed by atoms with Crippen LogP contribution in [0.5, 0.6) is 0 Å². The molecule has 1 aromatic rings. The SMILES string of the molecule is [B]c1cc(CCC(=O)O)cc2nc3ccc(=O)cc-3oc12. The number of carboxylic acid groups (broad SMARTS) is 1. The maximum Gasteiger partial charge on any atom is 0.303 e. The highest BCUT2D eigenvalue weighted by Gasteiger charge is 2.12. The fourth-order valence-electron chi connectivity index (χ4n) is 2.19. The number of hydrogen-bond acceptors (Lipinski definition) is 4. The molecule has 0 fully saturated rings. The van der Waals surface area contributed by atoms with E-state index in [-0.39, 0.29) is 11.8 Å². The van der Waals surface area contributed by atoms with E-state index in [1.165, 1.54) is 12.1 Å². The third-order valence-corrected chi connectivity index (χ3v) is 3.17. The summed E-state index contributed by atoms with van der Waals surface area (Å²) < 4.78 is 5.63. The van der Waals surface area contributed by atoms with Crippen molar-refractivity contribution in [2.45, 2.75) is 12.8 Å². The summed E-state index contributed by atoms with van der Waals surface area (Å²) in [4.78, 5) is 26.4. The molecule has 6 heteroatoms. The number of nitrogens with zero attached hydrogens (tertiary/aromatic N) is 1. The number of aryl methyl sites for hydroxylation is 1. The van der Waals surface area contributed by atoms with Gasteiger partial charge in [0.15, 0.2) is 11.2 Å². The van der Waals surface area contributed by atoms with Crippen LogP contribution in [0.3, 0.4) is 0 Å². The topological polar surface area (TPSA) is 80.4 Å². The zero-order valence-corrected chi connectivity index (χ0v) is 11.0. The fourth-order valence-corrected chi connectivity index (χ4v) is 2.19. The van der Waals surface area contributed by atoms with E-state index >= 15 is 0 Å². The molecule has 5 nitrogen and oxygen atoms in total. The molecule has 0 spiro atoms. The Hall–Kier alpha value is -2.63. The summed E-state index contributed by atoms with van der Waals surface area (Å²) in [5.41, 5.74) is 2.48. The highest BCUT2D eigenvalue weighted by atomic mass is 16.4. The average Bonchev–Trinajstić information content (AvgIpc) is 2.43. The summed E-state index contributed by atoms with van der Waals surface area (Å²) in [5.74, 6) is -0.493. The van der Waals surface area contributed by atoms with Crippen molar-refractivity contribution in [3.8, 4) is 11.5 Å². The monoisotopic (exact) mass is 279 g/mol. The second kappa shape index (κ2) is 5.05. The number of fused-ring (bicyclic) bond motifs is 2. The Bertz CT molecular complexity index is 871. The molecule has 1 aliphatic carbocycles. The highest BCUT2D eigenvalue weighted by Crippen LogP contribution is 2.23. The van der Waals surface area contributed by atoms with E-state index in [4.69, 9.17) is 17.4 Å². The van der Waals surface area contributed by atoms with Crippen molar-refractivity contribution in [1.29, 1.82) is 0 Å². The predicted octanol–water partition coefficient (Wildman–Crippen LogP) is 1.10. The van der Waals surface area contributed by atoms with Gasteiger partial charge in [0, 0.05) is 12.5 Å². The van der Waals surface area contributed by atoms with Crippen molar-refractivity contribution in [3.05, 3.63) is 46.1 Å². The Kier molecular flexibility index (Phi) is 3.21. The van der Waals surface area contributed by atoms with Gasteiger partial charge in [0.1, 0.15) is 24.6 Å².